The quantitative estimate of drug-likeness (QED) is 0.873. The fourth-order valence-electron chi connectivity index (χ4n) is 1.50. The minimum absolute atomic E-state index is 0.0225. The van der Waals surface area contributed by atoms with Crippen molar-refractivity contribution >= 4 is 28.9 Å². The Kier molecular flexibility index (Phi) is 3.94. The number of benzene rings is 2. The summed E-state index contributed by atoms with van der Waals surface area (Å²) in [5.41, 5.74) is 1.16. The van der Waals surface area contributed by atoms with Gasteiger partial charge in [0.05, 0.1) is 15.7 Å². The summed E-state index contributed by atoms with van der Waals surface area (Å²) in [5.74, 6) is -0.460. The van der Waals surface area contributed by atoms with Crippen LogP contribution < -0.4 is 5.32 Å². The van der Waals surface area contributed by atoms with Crippen molar-refractivity contribution in [3.05, 3.63) is 57.8 Å². The van der Waals surface area contributed by atoms with Gasteiger partial charge in [-0.1, -0.05) is 35.3 Å². The maximum Gasteiger partial charge on any atom is 0.164 e. The van der Waals surface area contributed by atoms with Gasteiger partial charge in [0.25, 0.3) is 0 Å². The van der Waals surface area contributed by atoms with Gasteiger partial charge < -0.3 is 10.4 Å². The predicted octanol–water partition coefficient (Wildman–Crippen LogP) is 4.45. The third-order valence-electron chi connectivity index (χ3n) is 2.45. The van der Waals surface area contributed by atoms with E-state index in [0.717, 1.165) is 5.56 Å². The summed E-state index contributed by atoms with van der Waals surface area (Å²) in [5, 5.41) is 12.5. The lowest BCUT2D eigenvalue weighted by Crippen LogP contribution is -2.01. The first-order valence-corrected chi connectivity index (χ1v) is 5.99. The first-order valence-electron chi connectivity index (χ1n) is 5.23. The number of phenolic OH excluding ortho intramolecular Hbond substituents is 1. The molecule has 0 atom stereocenters. The fourth-order valence-corrected chi connectivity index (χ4v) is 1.88. The molecule has 0 saturated carbocycles. The highest BCUT2D eigenvalue weighted by Crippen LogP contribution is 2.25. The Morgan fingerprint density at radius 2 is 1.89 bits per heavy atom. The number of rotatable bonds is 3. The van der Waals surface area contributed by atoms with Gasteiger partial charge in [-0.3, -0.25) is 0 Å². The summed E-state index contributed by atoms with van der Waals surface area (Å²) in [4.78, 5) is 0. The average molecular weight is 286 g/mol. The highest BCUT2D eigenvalue weighted by Gasteiger charge is 2.06. The zero-order valence-corrected chi connectivity index (χ0v) is 10.8. The Bertz CT molecular complexity index is 575. The highest BCUT2D eigenvalue weighted by molar-refractivity contribution is 6.32. The lowest BCUT2D eigenvalue weighted by atomic mass is 10.2. The molecule has 0 saturated heterocycles. The van der Waals surface area contributed by atoms with Crippen LogP contribution in [0.25, 0.3) is 0 Å². The lowest BCUT2D eigenvalue weighted by molar-refractivity contribution is 0.475. The minimum Gasteiger partial charge on any atom is -0.506 e. The number of aromatic hydroxyl groups is 1. The van der Waals surface area contributed by atoms with Crippen molar-refractivity contribution in [2.75, 3.05) is 5.32 Å². The van der Waals surface area contributed by atoms with Crippen molar-refractivity contribution in [1.82, 2.24) is 0 Å². The number of nitrogens with one attached hydrogen (secondary N) is 1. The van der Waals surface area contributed by atoms with Crippen LogP contribution in [-0.4, -0.2) is 5.11 Å². The molecule has 2 aromatic carbocycles. The molecular weight excluding hydrogens is 276 g/mol. The smallest absolute Gasteiger partial charge is 0.164 e. The molecule has 18 heavy (non-hydrogen) atoms. The number of hydrogen-bond donors (Lipinski definition) is 2. The van der Waals surface area contributed by atoms with E-state index in [1.165, 1.54) is 12.1 Å². The molecule has 0 amide bonds. The standard InChI is InChI=1S/C13H10Cl2FNO/c14-9-2-1-3-11(13(9)16)17-7-8-4-5-12(18)10(15)6-8/h1-6,17-18H,7H2. The van der Waals surface area contributed by atoms with E-state index in [9.17, 15) is 9.50 Å². The van der Waals surface area contributed by atoms with Crippen LogP contribution in [0.4, 0.5) is 10.1 Å². The van der Waals surface area contributed by atoms with Gasteiger partial charge in [-0.15, -0.1) is 0 Å². The molecule has 0 fully saturated rings. The van der Waals surface area contributed by atoms with Gasteiger partial charge in [0.2, 0.25) is 0 Å². The van der Waals surface area contributed by atoms with Gasteiger partial charge in [0.1, 0.15) is 5.75 Å². The second-order valence-electron chi connectivity index (χ2n) is 3.74. The summed E-state index contributed by atoms with van der Waals surface area (Å²) in [6, 6.07) is 9.57. The maximum absolute atomic E-state index is 13.6. The van der Waals surface area contributed by atoms with Crippen molar-refractivity contribution in [3.8, 4) is 5.75 Å². The largest absolute Gasteiger partial charge is 0.506 e. The monoisotopic (exact) mass is 285 g/mol. The molecule has 94 valence electrons. The summed E-state index contributed by atoms with van der Waals surface area (Å²) in [6.45, 7) is 0.386. The molecule has 0 aliphatic rings. The van der Waals surface area contributed by atoms with Gasteiger partial charge in [-0.2, -0.15) is 0 Å². The van der Waals surface area contributed by atoms with Crippen molar-refractivity contribution < 1.29 is 9.50 Å². The average Bonchev–Trinajstić information content (AvgIpc) is 2.35. The molecule has 2 rings (SSSR count). The lowest BCUT2D eigenvalue weighted by Gasteiger charge is -2.09. The Labute approximate surface area is 114 Å². The van der Waals surface area contributed by atoms with E-state index in [4.69, 9.17) is 23.2 Å². The summed E-state index contributed by atoms with van der Waals surface area (Å²) in [7, 11) is 0. The van der Waals surface area contributed by atoms with Crippen LogP contribution >= 0.6 is 23.2 Å². The molecule has 0 heterocycles. The van der Waals surface area contributed by atoms with Crippen molar-refractivity contribution in [2.24, 2.45) is 0 Å². The molecule has 0 radical (unpaired) electrons. The van der Waals surface area contributed by atoms with Gasteiger partial charge in [-0.25, -0.2) is 4.39 Å². The predicted molar refractivity (Wildman–Crippen MR) is 71.9 cm³/mol. The number of anilines is 1. The van der Waals surface area contributed by atoms with Crippen LogP contribution in [0, 0.1) is 5.82 Å². The molecule has 2 N–H and O–H groups in total. The Morgan fingerprint density at radius 1 is 1.11 bits per heavy atom. The number of phenols is 1. The second-order valence-corrected chi connectivity index (χ2v) is 4.56. The molecule has 0 aliphatic heterocycles. The van der Waals surface area contributed by atoms with Crippen LogP contribution in [0.1, 0.15) is 5.56 Å². The molecule has 0 aliphatic carbocycles. The van der Waals surface area contributed by atoms with Crippen LogP contribution in [0.15, 0.2) is 36.4 Å². The molecule has 0 aromatic heterocycles. The molecule has 0 spiro atoms. The van der Waals surface area contributed by atoms with Crippen molar-refractivity contribution in [3.63, 3.8) is 0 Å². The summed E-state index contributed by atoms with van der Waals surface area (Å²) >= 11 is 11.5. The van der Waals surface area contributed by atoms with Crippen molar-refractivity contribution in [1.29, 1.82) is 0 Å². The molecule has 0 bridgehead atoms. The van der Waals surface area contributed by atoms with Gasteiger partial charge >= 0.3 is 0 Å². The molecule has 2 nitrogen and oxygen atoms in total. The van der Waals surface area contributed by atoms with Crippen molar-refractivity contribution in [2.45, 2.75) is 6.54 Å². The molecular formula is C13H10Cl2FNO. The topological polar surface area (TPSA) is 32.3 Å². The summed E-state index contributed by atoms with van der Waals surface area (Å²) in [6.07, 6.45) is 0. The highest BCUT2D eigenvalue weighted by atomic mass is 35.5. The zero-order valence-electron chi connectivity index (χ0n) is 9.25. The van der Waals surface area contributed by atoms with Crippen LogP contribution in [0.3, 0.4) is 0 Å². The van der Waals surface area contributed by atoms with Crippen LogP contribution in [-0.2, 0) is 6.54 Å². The van der Waals surface area contributed by atoms with Crippen LogP contribution in [0.5, 0.6) is 5.75 Å². The molecule has 0 unspecified atom stereocenters. The molecule has 5 heteroatoms. The van der Waals surface area contributed by atoms with E-state index in [1.807, 2.05) is 0 Å². The first kappa shape index (κ1) is 13.0. The molecule has 2 aromatic rings. The Hall–Kier alpha value is -1.45. The number of hydrogen-bond acceptors (Lipinski definition) is 2. The third-order valence-corrected chi connectivity index (χ3v) is 3.04. The van der Waals surface area contributed by atoms with Crippen LogP contribution in [0.2, 0.25) is 10.0 Å². The van der Waals surface area contributed by atoms with Gasteiger partial charge in [-0.05, 0) is 29.8 Å². The minimum atomic E-state index is -0.482. The van der Waals surface area contributed by atoms with Gasteiger partial charge in [0.15, 0.2) is 5.82 Å². The summed E-state index contributed by atoms with van der Waals surface area (Å²) < 4.78 is 13.6. The Morgan fingerprint density at radius 3 is 2.61 bits per heavy atom. The van der Waals surface area contributed by atoms with E-state index in [1.54, 1.807) is 24.3 Å². The maximum atomic E-state index is 13.6. The van der Waals surface area contributed by atoms with E-state index in [2.05, 4.69) is 5.32 Å². The Balaban J connectivity index is 2.11. The zero-order chi connectivity index (χ0) is 13.1. The fraction of sp³-hybridized carbons (Fsp3) is 0.0769. The normalized spacial score (nSPS) is 10.4. The van der Waals surface area contributed by atoms with Gasteiger partial charge in [0, 0.05) is 6.54 Å². The van der Waals surface area contributed by atoms with E-state index >= 15 is 0 Å². The van der Waals surface area contributed by atoms with E-state index < -0.39 is 5.82 Å². The van der Waals surface area contributed by atoms with E-state index in [-0.39, 0.29) is 15.8 Å². The third kappa shape index (κ3) is 2.86. The number of halogens is 3. The van der Waals surface area contributed by atoms with E-state index in [0.29, 0.717) is 12.2 Å². The first-order chi connectivity index (χ1) is 8.58. The second kappa shape index (κ2) is 5.46. The SMILES string of the molecule is Oc1ccc(CNc2cccc(Cl)c2F)cc1Cl.